The van der Waals surface area contributed by atoms with E-state index in [1.807, 2.05) is 13.8 Å². The number of nitrogens with zero attached hydrogens (tertiary/aromatic N) is 1. The molecule has 0 radical (unpaired) electrons. The summed E-state index contributed by atoms with van der Waals surface area (Å²) in [5.41, 5.74) is 6.12. The molecular weight excluding hydrogens is 214 g/mol. The summed E-state index contributed by atoms with van der Waals surface area (Å²) < 4.78 is 1.80. The van der Waals surface area contributed by atoms with Crippen LogP contribution in [0.2, 0.25) is 5.02 Å². The van der Waals surface area contributed by atoms with Gasteiger partial charge in [-0.1, -0.05) is 11.6 Å². The van der Waals surface area contributed by atoms with E-state index in [1.165, 1.54) is 0 Å². The molecule has 0 bridgehead atoms. The molecule has 0 saturated heterocycles. The monoisotopic (exact) mass is 229 g/mol. The molecule has 1 amide bonds. The molecule has 3 N–H and O–H groups in total. The molecule has 4 nitrogen and oxygen atoms in total. The Bertz CT molecular complexity index is 346. The van der Waals surface area contributed by atoms with E-state index in [1.54, 1.807) is 16.8 Å². The van der Waals surface area contributed by atoms with Crippen molar-refractivity contribution in [3.8, 4) is 0 Å². The zero-order valence-corrected chi connectivity index (χ0v) is 9.71. The summed E-state index contributed by atoms with van der Waals surface area (Å²) >= 11 is 5.83. The molecule has 1 aromatic rings. The first-order valence-electron chi connectivity index (χ1n) is 4.94. The maximum absolute atomic E-state index is 11.7. The molecule has 0 aliphatic carbocycles. The molecule has 84 valence electrons. The first kappa shape index (κ1) is 12.1. The molecule has 0 aliphatic heterocycles. The predicted octanol–water partition coefficient (Wildman–Crippen LogP) is 1.24. The Morgan fingerprint density at radius 3 is 2.93 bits per heavy atom. The van der Waals surface area contributed by atoms with Crippen LogP contribution in [-0.2, 0) is 6.54 Å². The highest BCUT2D eigenvalue weighted by Crippen LogP contribution is 2.13. The summed E-state index contributed by atoms with van der Waals surface area (Å²) in [7, 11) is 0. The van der Waals surface area contributed by atoms with Crippen LogP contribution in [0.4, 0.5) is 0 Å². The van der Waals surface area contributed by atoms with Crippen molar-refractivity contribution in [1.29, 1.82) is 0 Å². The molecule has 0 aliphatic rings. The summed E-state index contributed by atoms with van der Waals surface area (Å²) in [6.07, 6.45) is 1.74. The Labute approximate surface area is 94.4 Å². The van der Waals surface area contributed by atoms with Crippen LogP contribution >= 0.6 is 11.6 Å². The summed E-state index contributed by atoms with van der Waals surface area (Å²) in [5, 5.41) is 3.32. The Morgan fingerprint density at radius 2 is 2.40 bits per heavy atom. The minimum Gasteiger partial charge on any atom is -0.349 e. The lowest BCUT2D eigenvalue weighted by Crippen LogP contribution is -2.35. The van der Waals surface area contributed by atoms with Gasteiger partial charge in [-0.2, -0.15) is 0 Å². The van der Waals surface area contributed by atoms with Gasteiger partial charge in [-0.05, 0) is 19.9 Å². The standard InChI is InChI=1S/C10H16ClN3O/c1-3-14-6-8(11)4-9(14)10(15)13-5-7(2)12/h4,6-7H,3,5,12H2,1-2H3,(H,13,15). The molecule has 0 fully saturated rings. The number of aromatic nitrogens is 1. The van der Waals surface area contributed by atoms with Gasteiger partial charge in [0.1, 0.15) is 5.69 Å². The Hall–Kier alpha value is -1.00. The van der Waals surface area contributed by atoms with Crippen LogP contribution in [0.15, 0.2) is 12.3 Å². The minimum atomic E-state index is -0.138. The van der Waals surface area contributed by atoms with Crippen molar-refractivity contribution in [1.82, 2.24) is 9.88 Å². The van der Waals surface area contributed by atoms with Gasteiger partial charge in [0.2, 0.25) is 0 Å². The zero-order valence-electron chi connectivity index (χ0n) is 8.96. The highest BCUT2D eigenvalue weighted by atomic mass is 35.5. The van der Waals surface area contributed by atoms with Crippen LogP contribution in [0, 0.1) is 0 Å². The number of hydrogen-bond donors (Lipinski definition) is 2. The van der Waals surface area contributed by atoms with Gasteiger partial charge in [-0.25, -0.2) is 0 Å². The molecular formula is C10H16ClN3O. The first-order chi connectivity index (χ1) is 7.04. The number of carbonyl (C=O) groups excluding carboxylic acids is 1. The van der Waals surface area contributed by atoms with E-state index >= 15 is 0 Å². The minimum absolute atomic E-state index is 0.0468. The van der Waals surface area contributed by atoms with Crippen LogP contribution in [0.25, 0.3) is 0 Å². The molecule has 1 atom stereocenters. The molecule has 1 unspecified atom stereocenters. The van der Waals surface area contributed by atoms with E-state index in [4.69, 9.17) is 17.3 Å². The van der Waals surface area contributed by atoms with Gasteiger partial charge in [-0.3, -0.25) is 4.79 Å². The third kappa shape index (κ3) is 3.25. The van der Waals surface area contributed by atoms with E-state index in [0.29, 0.717) is 23.8 Å². The van der Waals surface area contributed by atoms with Crippen molar-refractivity contribution in [2.45, 2.75) is 26.4 Å². The summed E-state index contributed by atoms with van der Waals surface area (Å²) in [6.45, 7) is 4.98. The first-order valence-corrected chi connectivity index (χ1v) is 5.31. The molecule has 15 heavy (non-hydrogen) atoms. The number of carbonyl (C=O) groups is 1. The summed E-state index contributed by atoms with van der Waals surface area (Å²) in [6, 6.07) is 1.61. The SMILES string of the molecule is CCn1cc(Cl)cc1C(=O)NCC(C)N. The van der Waals surface area contributed by atoms with E-state index in [2.05, 4.69) is 5.32 Å². The van der Waals surface area contributed by atoms with Gasteiger partial charge in [-0.15, -0.1) is 0 Å². The molecule has 5 heteroatoms. The lowest BCUT2D eigenvalue weighted by molar-refractivity contribution is 0.0942. The van der Waals surface area contributed by atoms with E-state index in [-0.39, 0.29) is 11.9 Å². The van der Waals surface area contributed by atoms with Crippen molar-refractivity contribution >= 4 is 17.5 Å². The number of rotatable bonds is 4. The fraction of sp³-hybridized carbons (Fsp3) is 0.500. The maximum Gasteiger partial charge on any atom is 0.268 e. The van der Waals surface area contributed by atoms with Gasteiger partial charge >= 0.3 is 0 Å². The van der Waals surface area contributed by atoms with Crippen LogP contribution in [0.1, 0.15) is 24.3 Å². The second-order valence-corrected chi connectivity index (χ2v) is 3.95. The predicted molar refractivity (Wildman–Crippen MR) is 61.1 cm³/mol. The lowest BCUT2D eigenvalue weighted by Gasteiger charge is -2.09. The average Bonchev–Trinajstić information content (AvgIpc) is 2.56. The normalized spacial score (nSPS) is 12.5. The van der Waals surface area contributed by atoms with Gasteiger partial charge in [0, 0.05) is 25.3 Å². The lowest BCUT2D eigenvalue weighted by atomic mass is 10.3. The molecule has 0 saturated carbocycles. The van der Waals surface area contributed by atoms with Crippen LogP contribution < -0.4 is 11.1 Å². The smallest absolute Gasteiger partial charge is 0.268 e. The highest BCUT2D eigenvalue weighted by molar-refractivity contribution is 6.31. The Morgan fingerprint density at radius 1 is 1.73 bits per heavy atom. The number of amides is 1. The average molecular weight is 230 g/mol. The van der Waals surface area contributed by atoms with E-state index < -0.39 is 0 Å². The Balaban J connectivity index is 2.72. The van der Waals surface area contributed by atoms with Gasteiger partial charge in [0.25, 0.3) is 5.91 Å². The maximum atomic E-state index is 11.7. The molecule has 1 heterocycles. The van der Waals surface area contributed by atoms with Gasteiger partial charge < -0.3 is 15.6 Å². The third-order valence-electron chi connectivity index (χ3n) is 2.02. The number of hydrogen-bond acceptors (Lipinski definition) is 2. The van der Waals surface area contributed by atoms with Gasteiger partial charge in [0.05, 0.1) is 5.02 Å². The number of aryl methyl sites for hydroxylation is 1. The zero-order chi connectivity index (χ0) is 11.4. The molecule has 0 aromatic carbocycles. The van der Waals surface area contributed by atoms with Crippen LogP contribution in [0.5, 0.6) is 0 Å². The van der Waals surface area contributed by atoms with Gasteiger partial charge in [0.15, 0.2) is 0 Å². The largest absolute Gasteiger partial charge is 0.349 e. The topological polar surface area (TPSA) is 60.0 Å². The number of nitrogens with one attached hydrogen (secondary N) is 1. The van der Waals surface area contributed by atoms with Crippen LogP contribution in [0.3, 0.4) is 0 Å². The van der Waals surface area contributed by atoms with E-state index in [9.17, 15) is 4.79 Å². The summed E-state index contributed by atoms with van der Waals surface area (Å²) in [4.78, 5) is 11.7. The highest BCUT2D eigenvalue weighted by Gasteiger charge is 2.12. The van der Waals surface area contributed by atoms with Crippen molar-refractivity contribution in [2.24, 2.45) is 5.73 Å². The fourth-order valence-corrected chi connectivity index (χ4v) is 1.49. The second kappa shape index (κ2) is 5.19. The molecule has 1 rings (SSSR count). The van der Waals surface area contributed by atoms with E-state index in [0.717, 1.165) is 0 Å². The quantitative estimate of drug-likeness (QED) is 0.816. The van der Waals surface area contributed by atoms with Crippen molar-refractivity contribution in [3.05, 3.63) is 23.0 Å². The number of halogens is 1. The van der Waals surface area contributed by atoms with Crippen molar-refractivity contribution in [2.75, 3.05) is 6.54 Å². The van der Waals surface area contributed by atoms with Crippen LogP contribution in [-0.4, -0.2) is 23.1 Å². The third-order valence-corrected chi connectivity index (χ3v) is 2.23. The van der Waals surface area contributed by atoms with Crippen molar-refractivity contribution < 1.29 is 4.79 Å². The fourth-order valence-electron chi connectivity index (χ4n) is 1.27. The Kier molecular flexibility index (Phi) is 4.17. The van der Waals surface area contributed by atoms with Crippen molar-refractivity contribution in [3.63, 3.8) is 0 Å². The number of nitrogens with two attached hydrogens (primary N) is 1. The second-order valence-electron chi connectivity index (χ2n) is 3.52. The molecule has 0 spiro atoms. The molecule has 1 aromatic heterocycles. The summed E-state index contributed by atoms with van der Waals surface area (Å²) in [5.74, 6) is -0.138.